The number of aromatic nitrogens is 2. The quantitative estimate of drug-likeness (QED) is 0.662. The normalized spacial score (nSPS) is 18.5. The second kappa shape index (κ2) is 7.54. The number of benzene rings is 1. The van der Waals surface area contributed by atoms with Gasteiger partial charge in [0.15, 0.2) is 11.9 Å². The van der Waals surface area contributed by atoms with Crippen LogP contribution in [0.1, 0.15) is 30.8 Å². The minimum absolute atomic E-state index is 0.173. The Hall–Kier alpha value is -2.42. The average Bonchev–Trinajstić information content (AvgIpc) is 3.37. The van der Waals surface area contributed by atoms with E-state index in [0.29, 0.717) is 13.2 Å². The van der Waals surface area contributed by atoms with Crippen LogP contribution >= 0.6 is 11.3 Å². The molecule has 1 fully saturated rings. The molecule has 4 rings (SSSR count). The molecule has 2 N–H and O–H groups in total. The Balaban J connectivity index is 1.40. The number of hydrogen-bond donors (Lipinski definition) is 2. The number of aryl methyl sites for hydroxylation is 1. The zero-order chi connectivity index (χ0) is 19.7. The molecule has 3 heterocycles. The van der Waals surface area contributed by atoms with Crippen molar-refractivity contribution < 1.29 is 19.0 Å². The van der Waals surface area contributed by atoms with Crippen LogP contribution in [0.25, 0.3) is 10.9 Å². The summed E-state index contributed by atoms with van der Waals surface area (Å²) in [5.41, 5.74) is 5.64. The summed E-state index contributed by atoms with van der Waals surface area (Å²) in [5, 5.41) is 5.95. The summed E-state index contributed by atoms with van der Waals surface area (Å²) in [6, 6.07) is 6.09. The average molecular weight is 401 g/mol. The van der Waals surface area contributed by atoms with Gasteiger partial charge in [0.25, 0.3) is 5.91 Å². The second-order valence-electron chi connectivity index (χ2n) is 7.30. The van der Waals surface area contributed by atoms with Crippen LogP contribution in [-0.2, 0) is 27.4 Å². The van der Waals surface area contributed by atoms with E-state index in [4.69, 9.17) is 14.2 Å². The molecule has 0 spiro atoms. The molecule has 2 aromatic heterocycles. The van der Waals surface area contributed by atoms with E-state index in [1.807, 2.05) is 24.4 Å². The van der Waals surface area contributed by atoms with E-state index in [2.05, 4.69) is 21.4 Å². The molecule has 1 aromatic carbocycles. The maximum absolute atomic E-state index is 12.3. The molecule has 0 bridgehead atoms. The van der Waals surface area contributed by atoms with Crippen molar-refractivity contribution in [2.24, 2.45) is 0 Å². The number of fused-ring (bicyclic) bond motifs is 1. The number of aromatic amines is 1. The van der Waals surface area contributed by atoms with Gasteiger partial charge in [-0.2, -0.15) is 0 Å². The van der Waals surface area contributed by atoms with Crippen molar-refractivity contribution in [1.29, 1.82) is 0 Å². The van der Waals surface area contributed by atoms with Gasteiger partial charge in [0, 0.05) is 28.0 Å². The van der Waals surface area contributed by atoms with Gasteiger partial charge in [-0.15, -0.1) is 11.3 Å². The van der Waals surface area contributed by atoms with E-state index in [0.717, 1.165) is 33.6 Å². The summed E-state index contributed by atoms with van der Waals surface area (Å²) in [7, 11) is 0. The number of carbonyl (C=O) groups excluding carboxylic acids is 1. The number of hydrogen-bond acceptors (Lipinski definition) is 6. The highest BCUT2D eigenvalue weighted by atomic mass is 32.1. The molecule has 1 saturated heterocycles. The molecule has 8 heteroatoms. The second-order valence-corrected chi connectivity index (χ2v) is 8.02. The largest absolute Gasteiger partial charge is 0.487 e. The van der Waals surface area contributed by atoms with Gasteiger partial charge in [0.2, 0.25) is 0 Å². The highest BCUT2D eigenvalue weighted by Gasteiger charge is 2.36. The first-order valence-corrected chi connectivity index (χ1v) is 10.1. The van der Waals surface area contributed by atoms with E-state index in [1.165, 1.54) is 0 Å². The topological polar surface area (TPSA) is 85.5 Å². The van der Waals surface area contributed by atoms with Crippen molar-refractivity contribution in [3.63, 3.8) is 0 Å². The highest BCUT2D eigenvalue weighted by molar-refractivity contribution is 7.07. The smallest absolute Gasteiger partial charge is 0.252 e. The van der Waals surface area contributed by atoms with Crippen LogP contribution in [0, 0.1) is 6.92 Å². The molecule has 1 unspecified atom stereocenters. The Morgan fingerprint density at radius 3 is 3.00 bits per heavy atom. The third-order valence-electron chi connectivity index (χ3n) is 4.58. The first-order chi connectivity index (χ1) is 13.4. The van der Waals surface area contributed by atoms with E-state index >= 15 is 0 Å². The van der Waals surface area contributed by atoms with Gasteiger partial charge in [-0.05, 0) is 38.5 Å². The van der Waals surface area contributed by atoms with Crippen LogP contribution in [0.3, 0.4) is 0 Å². The molecule has 0 aliphatic carbocycles. The van der Waals surface area contributed by atoms with Crippen molar-refractivity contribution in [2.45, 2.75) is 45.8 Å². The number of H-pyrrole nitrogens is 1. The fraction of sp³-hybridized carbons (Fsp3) is 0.400. The van der Waals surface area contributed by atoms with Gasteiger partial charge in [0.05, 0.1) is 24.4 Å². The molecular formula is C20H23N3O4S. The van der Waals surface area contributed by atoms with E-state index in [-0.39, 0.29) is 12.5 Å². The number of nitrogens with one attached hydrogen (secondary N) is 2. The lowest BCUT2D eigenvalue weighted by atomic mass is 10.1. The monoisotopic (exact) mass is 401 g/mol. The molecule has 1 amide bonds. The zero-order valence-electron chi connectivity index (χ0n) is 16.1. The van der Waals surface area contributed by atoms with Crippen LogP contribution in [0.15, 0.2) is 29.1 Å². The summed E-state index contributed by atoms with van der Waals surface area (Å²) in [5.74, 6) is -0.0698. The molecule has 0 saturated carbocycles. The minimum atomic E-state index is -0.713. The number of amides is 1. The van der Waals surface area contributed by atoms with Crippen molar-refractivity contribution in [1.82, 2.24) is 15.3 Å². The zero-order valence-corrected chi connectivity index (χ0v) is 16.9. The molecule has 1 aliphatic heterocycles. The van der Waals surface area contributed by atoms with Gasteiger partial charge in [-0.25, -0.2) is 4.98 Å². The van der Waals surface area contributed by atoms with E-state index in [1.54, 1.807) is 30.7 Å². The summed E-state index contributed by atoms with van der Waals surface area (Å²) in [4.78, 5) is 19.8. The van der Waals surface area contributed by atoms with Crippen LogP contribution in [0.4, 0.5) is 0 Å². The van der Waals surface area contributed by atoms with Crippen molar-refractivity contribution in [3.8, 4) is 5.75 Å². The number of nitrogens with zero attached hydrogens (tertiary/aromatic N) is 1. The highest BCUT2D eigenvalue weighted by Crippen LogP contribution is 2.27. The summed E-state index contributed by atoms with van der Waals surface area (Å²) >= 11 is 1.55. The molecule has 3 aromatic rings. The van der Waals surface area contributed by atoms with Gasteiger partial charge >= 0.3 is 0 Å². The number of thiazole rings is 1. The molecule has 0 radical (unpaired) electrons. The standard InChI is InChI=1S/C20H23N3O4S/c1-12-4-13-5-14(7-21-19(24)18-9-26-20(2,3)27-18)23-16(13)6-17(12)25-8-15-10-28-11-22-15/h4-6,10-11,18,23H,7-9H2,1-3H3,(H,21,24). The Labute approximate surface area is 167 Å². The predicted octanol–water partition coefficient (Wildman–Crippen LogP) is 3.28. The first kappa shape index (κ1) is 18.9. The molecule has 1 atom stereocenters. The lowest BCUT2D eigenvalue weighted by Crippen LogP contribution is -2.36. The minimum Gasteiger partial charge on any atom is -0.487 e. The third kappa shape index (κ3) is 4.19. The lowest BCUT2D eigenvalue weighted by Gasteiger charge is -2.16. The van der Waals surface area contributed by atoms with Gasteiger partial charge in [-0.3, -0.25) is 4.79 Å². The predicted molar refractivity (Wildman–Crippen MR) is 106 cm³/mol. The number of ether oxygens (including phenoxy) is 3. The Morgan fingerprint density at radius 1 is 1.43 bits per heavy atom. The SMILES string of the molecule is Cc1cc2cc(CNC(=O)C3COC(C)(C)O3)[nH]c2cc1OCc1cscn1. The Kier molecular flexibility index (Phi) is 5.09. The van der Waals surface area contributed by atoms with Crippen molar-refractivity contribution in [3.05, 3.63) is 46.0 Å². The van der Waals surface area contributed by atoms with E-state index in [9.17, 15) is 4.79 Å². The maximum atomic E-state index is 12.3. The summed E-state index contributed by atoms with van der Waals surface area (Å²) < 4.78 is 16.9. The van der Waals surface area contributed by atoms with Crippen LogP contribution in [0.2, 0.25) is 0 Å². The fourth-order valence-corrected chi connectivity index (χ4v) is 3.70. The van der Waals surface area contributed by atoms with E-state index < -0.39 is 11.9 Å². The van der Waals surface area contributed by atoms with Gasteiger partial charge in [-0.1, -0.05) is 0 Å². The first-order valence-electron chi connectivity index (χ1n) is 9.11. The Morgan fingerprint density at radius 2 is 2.29 bits per heavy atom. The molecule has 28 heavy (non-hydrogen) atoms. The lowest BCUT2D eigenvalue weighted by molar-refractivity contribution is -0.153. The van der Waals surface area contributed by atoms with Gasteiger partial charge < -0.3 is 24.5 Å². The van der Waals surface area contributed by atoms with Crippen molar-refractivity contribution >= 4 is 28.1 Å². The van der Waals surface area contributed by atoms with Crippen LogP contribution in [0.5, 0.6) is 5.75 Å². The summed E-state index contributed by atoms with van der Waals surface area (Å²) in [6.07, 6.45) is -0.577. The molecule has 1 aliphatic rings. The number of carbonyl (C=O) groups is 1. The molecular weight excluding hydrogens is 378 g/mol. The Bertz CT molecular complexity index is 981. The van der Waals surface area contributed by atoms with Crippen molar-refractivity contribution in [2.75, 3.05) is 6.61 Å². The van der Waals surface area contributed by atoms with Crippen LogP contribution < -0.4 is 10.1 Å². The molecule has 148 valence electrons. The number of rotatable bonds is 6. The van der Waals surface area contributed by atoms with Crippen LogP contribution in [-0.4, -0.2) is 34.4 Å². The summed E-state index contributed by atoms with van der Waals surface area (Å²) in [6.45, 7) is 6.72. The fourth-order valence-electron chi connectivity index (χ4n) is 3.16. The third-order valence-corrected chi connectivity index (χ3v) is 5.22. The van der Waals surface area contributed by atoms with Gasteiger partial charge in [0.1, 0.15) is 12.4 Å². The maximum Gasteiger partial charge on any atom is 0.252 e. The molecule has 7 nitrogen and oxygen atoms in total.